The first-order valence-electron chi connectivity index (χ1n) is 7.43. The van der Waals surface area contributed by atoms with Crippen molar-refractivity contribution in [1.82, 2.24) is 4.90 Å². The number of benzene rings is 1. The van der Waals surface area contributed by atoms with E-state index in [1.807, 2.05) is 24.3 Å². The van der Waals surface area contributed by atoms with Crippen molar-refractivity contribution in [2.24, 2.45) is 5.92 Å². The molecular weight excluding hydrogens is 234 g/mol. The summed E-state index contributed by atoms with van der Waals surface area (Å²) in [6.45, 7) is 8.61. The maximum atomic E-state index is 12.7. The van der Waals surface area contributed by atoms with Gasteiger partial charge in [0.05, 0.1) is 6.04 Å². The molecule has 19 heavy (non-hydrogen) atoms. The minimum absolute atomic E-state index is 0.0743. The molecule has 104 valence electrons. The van der Waals surface area contributed by atoms with E-state index in [-0.39, 0.29) is 6.04 Å². The Morgan fingerprint density at radius 3 is 2.26 bits per heavy atom. The number of Topliss-reactive ketones (excluding diaryl/α,β-unsaturated/α-hetero) is 1. The van der Waals surface area contributed by atoms with Gasteiger partial charge in [0.15, 0.2) is 5.78 Å². The van der Waals surface area contributed by atoms with E-state index in [1.165, 1.54) is 18.4 Å². The third kappa shape index (κ3) is 3.66. The van der Waals surface area contributed by atoms with E-state index >= 15 is 0 Å². The number of likely N-dealkylation sites (tertiary alicyclic amines) is 1. The predicted octanol–water partition coefficient (Wildman–Crippen LogP) is 3.69. The molecule has 1 aliphatic rings. The van der Waals surface area contributed by atoms with Gasteiger partial charge >= 0.3 is 0 Å². The molecule has 2 rings (SSSR count). The first kappa shape index (κ1) is 14.3. The number of carbonyl (C=O) groups excluding carboxylic acids is 1. The monoisotopic (exact) mass is 259 g/mol. The Labute approximate surface area is 116 Å². The molecule has 1 aromatic rings. The SMILES string of the molecule is Cc1ccc(C(=O)C(CC(C)C)N2CCCC2)cc1. The second kappa shape index (κ2) is 6.33. The molecule has 1 saturated heterocycles. The fourth-order valence-electron chi connectivity index (χ4n) is 2.83. The van der Waals surface area contributed by atoms with Crippen LogP contribution in [0.2, 0.25) is 0 Å². The molecular formula is C17H25NO. The van der Waals surface area contributed by atoms with E-state index in [0.29, 0.717) is 11.7 Å². The van der Waals surface area contributed by atoms with Crippen LogP contribution in [0.3, 0.4) is 0 Å². The Morgan fingerprint density at radius 1 is 1.16 bits per heavy atom. The zero-order valence-electron chi connectivity index (χ0n) is 12.4. The van der Waals surface area contributed by atoms with Crippen molar-refractivity contribution in [3.8, 4) is 0 Å². The number of rotatable bonds is 5. The zero-order valence-corrected chi connectivity index (χ0v) is 12.4. The molecule has 1 unspecified atom stereocenters. The molecule has 0 aromatic heterocycles. The van der Waals surface area contributed by atoms with Crippen LogP contribution in [-0.2, 0) is 0 Å². The van der Waals surface area contributed by atoms with Crippen LogP contribution < -0.4 is 0 Å². The van der Waals surface area contributed by atoms with Gasteiger partial charge in [-0.2, -0.15) is 0 Å². The minimum atomic E-state index is 0.0743. The summed E-state index contributed by atoms with van der Waals surface area (Å²) in [4.78, 5) is 15.1. The van der Waals surface area contributed by atoms with Crippen molar-refractivity contribution in [3.63, 3.8) is 0 Å². The summed E-state index contributed by atoms with van der Waals surface area (Å²) in [5.74, 6) is 0.857. The summed E-state index contributed by atoms with van der Waals surface area (Å²) in [6, 6.07) is 8.08. The molecule has 0 aliphatic carbocycles. The Morgan fingerprint density at radius 2 is 1.74 bits per heavy atom. The van der Waals surface area contributed by atoms with Gasteiger partial charge in [0, 0.05) is 5.56 Å². The Bertz CT molecular complexity index is 415. The molecule has 1 aliphatic heterocycles. The standard InChI is InChI=1S/C17H25NO/c1-13(2)12-16(18-10-4-5-11-18)17(19)15-8-6-14(3)7-9-15/h6-9,13,16H,4-5,10-12H2,1-3H3. The molecule has 0 amide bonds. The van der Waals surface area contributed by atoms with Gasteiger partial charge in [-0.3, -0.25) is 9.69 Å². The number of aryl methyl sites for hydroxylation is 1. The van der Waals surface area contributed by atoms with E-state index in [9.17, 15) is 4.79 Å². The molecule has 1 atom stereocenters. The maximum absolute atomic E-state index is 12.7. The van der Waals surface area contributed by atoms with Crippen molar-refractivity contribution >= 4 is 5.78 Å². The van der Waals surface area contributed by atoms with Crippen LogP contribution in [0, 0.1) is 12.8 Å². The summed E-state index contributed by atoms with van der Waals surface area (Å²) in [7, 11) is 0. The average Bonchev–Trinajstić information content (AvgIpc) is 2.89. The lowest BCUT2D eigenvalue weighted by Crippen LogP contribution is -2.40. The van der Waals surface area contributed by atoms with Crippen LogP contribution >= 0.6 is 0 Å². The summed E-state index contributed by atoms with van der Waals surface area (Å²) < 4.78 is 0. The summed E-state index contributed by atoms with van der Waals surface area (Å²) in [6.07, 6.45) is 3.43. The van der Waals surface area contributed by atoms with Crippen LogP contribution in [0.15, 0.2) is 24.3 Å². The molecule has 0 radical (unpaired) electrons. The third-order valence-corrected chi connectivity index (χ3v) is 3.91. The average molecular weight is 259 g/mol. The lowest BCUT2D eigenvalue weighted by atomic mass is 9.94. The van der Waals surface area contributed by atoms with Crippen LogP contribution in [0.4, 0.5) is 0 Å². The molecule has 2 nitrogen and oxygen atoms in total. The highest BCUT2D eigenvalue weighted by atomic mass is 16.1. The van der Waals surface area contributed by atoms with Crippen molar-refractivity contribution in [3.05, 3.63) is 35.4 Å². The van der Waals surface area contributed by atoms with Gasteiger partial charge in [-0.1, -0.05) is 43.7 Å². The van der Waals surface area contributed by atoms with Gasteiger partial charge in [-0.15, -0.1) is 0 Å². The second-order valence-corrected chi connectivity index (χ2v) is 6.12. The maximum Gasteiger partial charge on any atom is 0.179 e. The quantitative estimate of drug-likeness (QED) is 0.752. The number of nitrogens with zero attached hydrogens (tertiary/aromatic N) is 1. The molecule has 0 N–H and O–H groups in total. The van der Waals surface area contributed by atoms with Gasteiger partial charge < -0.3 is 0 Å². The van der Waals surface area contributed by atoms with Crippen molar-refractivity contribution in [2.75, 3.05) is 13.1 Å². The van der Waals surface area contributed by atoms with E-state index in [1.54, 1.807) is 0 Å². The van der Waals surface area contributed by atoms with Gasteiger partial charge in [0.1, 0.15) is 0 Å². The number of ketones is 1. The molecule has 1 fully saturated rings. The van der Waals surface area contributed by atoms with Crippen LogP contribution in [0.5, 0.6) is 0 Å². The molecule has 1 heterocycles. The van der Waals surface area contributed by atoms with E-state index in [0.717, 1.165) is 25.1 Å². The van der Waals surface area contributed by atoms with Crippen molar-refractivity contribution in [1.29, 1.82) is 0 Å². The topological polar surface area (TPSA) is 20.3 Å². The van der Waals surface area contributed by atoms with Gasteiger partial charge in [0.25, 0.3) is 0 Å². The lowest BCUT2D eigenvalue weighted by Gasteiger charge is -2.27. The molecule has 0 saturated carbocycles. The molecule has 2 heteroatoms. The van der Waals surface area contributed by atoms with Gasteiger partial charge in [-0.05, 0) is 45.2 Å². The highest BCUT2D eigenvalue weighted by Crippen LogP contribution is 2.21. The predicted molar refractivity (Wildman–Crippen MR) is 79.6 cm³/mol. The fourth-order valence-corrected chi connectivity index (χ4v) is 2.83. The first-order chi connectivity index (χ1) is 9.08. The third-order valence-electron chi connectivity index (χ3n) is 3.91. The number of hydrogen-bond donors (Lipinski definition) is 0. The first-order valence-corrected chi connectivity index (χ1v) is 7.43. The van der Waals surface area contributed by atoms with E-state index in [4.69, 9.17) is 0 Å². The molecule has 0 bridgehead atoms. The fraction of sp³-hybridized carbons (Fsp3) is 0.588. The smallest absolute Gasteiger partial charge is 0.179 e. The number of carbonyl (C=O) groups is 1. The molecule has 1 aromatic carbocycles. The normalized spacial score (nSPS) is 17.9. The van der Waals surface area contributed by atoms with E-state index in [2.05, 4.69) is 25.7 Å². The van der Waals surface area contributed by atoms with Crippen molar-refractivity contribution < 1.29 is 4.79 Å². The number of hydrogen-bond acceptors (Lipinski definition) is 2. The van der Waals surface area contributed by atoms with E-state index < -0.39 is 0 Å². The van der Waals surface area contributed by atoms with Crippen LogP contribution in [0.25, 0.3) is 0 Å². The van der Waals surface area contributed by atoms with Crippen molar-refractivity contribution in [2.45, 2.75) is 46.1 Å². The Balaban J connectivity index is 2.16. The Hall–Kier alpha value is -1.15. The highest BCUT2D eigenvalue weighted by Gasteiger charge is 2.29. The Kier molecular flexibility index (Phi) is 4.76. The van der Waals surface area contributed by atoms with Gasteiger partial charge in [-0.25, -0.2) is 0 Å². The minimum Gasteiger partial charge on any atom is -0.293 e. The summed E-state index contributed by atoms with van der Waals surface area (Å²) in [5.41, 5.74) is 2.07. The summed E-state index contributed by atoms with van der Waals surface area (Å²) in [5, 5.41) is 0. The second-order valence-electron chi connectivity index (χ2n) is 6.12. The highest BCUT2D eigenvalue weighted by molar-refractivity contribution is 6.00. The largest absolute Gasteiger partial charge is 0.293 e. The van der Waals surface area contributed by atoms with Gasteiger partial charge in [0.2, 0.25) is 0 Å². The lowest BCUT2D eigenvalue weighted by molar-refractivity contribution is 0.0822. The van der Waals surface area contributed by atoms with Crippen LogP contribution in [0.1, 0.15) is 49.0 Å². The molecule has 0 spiro atoms. The van der Waals surface area contributed by atoms with Crippen LogP contribution in [-0.4, -0.2) is 29.8 Å². The summed E-state index contributed by atoms with van der Waals surface area (Å²) >= 11 is 0. The zero-order chi connectivity index (χ0) is 13.8.